The number of anilines is 1. The summed E-state index contributed by atoms with van der Waals surface area (Å²) in [5, 5.41) is 0. The van der Waals surface area contributed by atoms with Gasteiger partial charge < -0.3 is 10.6 Å². The number of aryl methyl sites for hydroxylation is 1. The third-order valence-corrected chi connectivity index (χ3v) is 2.93. The minimum absolute atomic E-state index is 0.157. The van der Waals surface area contributed by atoms with Crippen LogP contribution in [0.1, 0.15) is 27.2 Å². The molecule has 0 saturated carbocycles. The Balaban J connectivity index is 2.49. The largest absolute Gasteiger partial charge is 0.383 e. The van der Waals surface area contributed by atoms with Gasteiger partial charge in [-0.05, 0) is 40.3 Å². The van der Waals surface area contributed by atoms with E-state index in [1.807, 2.05) is 0 Å². The highest BCUT2D eigenvalue weighted by atomic mass is 16.1. The Morgan fingerprint density at radius 2 is 2.12 bits per heavy atom. The van der Waals surface area contributed by atoms with Crippen molar-refractivity contribution in [3.63, 3.8) is 0 Å². The van der Waals surface area contributed by atoms with Gasteiger partial charge in [0, 0.05) is 24.8 Å². The van der Waals surface area contributed by atoms with Crippen molar-refractivity contribution < 1.29 is 0 Å². The molecule has 0 unspecified atom stereocenters. The summed E-state index contributed by atoms with van der Waals surface area (Å²) in [6.07, 6.45) is 2.61. The van der Waals surface area contributed by atoms with E-state index in [4.69, 9.17) is 5.73 Å². The smallest absolute Gasteiger partial charge is 0.349 e. The molecule has 0 aliphatic rings. The number of hydrogen-bond donors (Lipinski definition) is 1. The van der Waals surface area contributed by atoms with E-state index in [2.05, 4.69) is 37.7 Å². The van der Waals surface area contributed by atoms with Crippen LogP contribution in [-0.4, -0.2) is 33.6 Å². The van der Waals surface area contributed by atoms with Crippen molar-refractivity contribution in [3.05, 3.63) is 22.7 Å². The summed E-state index contributed by atoms with van der Waals surface area (Å²) in [5.74, 6) is 0.276. The number of hydrogen-bond acceptors (Lipinski definition) is 4. The zero-order valence-electron chi connectivity index (χ0n) is 11.1. The SMILES string of the molecule is CN(CCCn1ccc(N)nc1=O)C(C)(C)C. The molecule has 0 amide bonds. The zero-order valence-corrected chi connectivity index (χ0v) is 11.1. The normalized spacial score (nSPS) is 12.1. The van der Waals surface area contributed by atoms with E-state index in [1.165, 1.54) is 0 Å². The molecule has 0 aliphatic heterocycles. The van der Waals surface area contributed by atoms with Crippen LogP contribution < -0.4 is 11.4 Å². The fourth-order valence-electron chi connectivity index (χ4n) is 1.43. The molecule has 5 heteroatoms. The minimum atomic E-state index is -0.275. The molecule has 0 radical (unpaired) electrons. The van der Waals surface area contributed by atoms with Crippen LogP contribution in [0.5, 0.6) is 0 Å². The van der Waals surface area contributed by atoms with Crippen molar-refractivity contribution in [2.75, 3.05) is 19.3 Å². The molecule has 0 bridgehead atoms. The summed E-state index contributed by atoms with van der Waals surface area (Å²) in [6, 6.07) is 1.65. The zero-order chi connectivity index (χ0) is 13.1. The van der Waals surface area contributed by atoms with Crippen LogP contribution in [0.15, 0.2) is 17.1 Å². The molecular weight excluding hydrogens is 216 g/mol. The van der Waals surface area contributed by atoms with E-state index in [0.29, 0.717) is 6.54 Å². The van der Waals surface area contributed by atoms with Gasteiger partial charge in [0.1, 0.15) is 5.82 Å². The summed E-state index contributed by atoms with van der Waals surface area (Å²) in [7, 11) is 2.09. The molecule has 0 aliphatic carbocycles. The number of aromatic nitrogens is 2. The van der Waals surface area contributed by atoms with Gasteiger partial charge in [-0.15, -0.1) is 0 Å². The summed E-state index contributed by atoms with van der Waals surface area (Å²) in [6.45, 7) is 8.13. The number of nitrogens with two attached hydrogens (primary N) is 1. The predicted octanol–water partition coefficient (Wildman–Crippen LogP) is 0.946. The average molecular weight is 238 g/mol. The lowest BCUT2D eigenvalue weighted by molar-refractivity contribution is 0.171. The molecule has 0 spiro atoms. The van der Waals surface area contributed by atoms with Crippen molar-refractivity contribution >= 4 is 5.82 Å². The molecule has 0 atom stereocenters. The Morgan fingerprint density at radius 1 is 1.47 bits per heavy atom. The maximum atomic E-state index is 11.5. The molecule has 1 rings (SSSR count). The summed E-state index contributed by atoms with van der Waals surface area (Å²) in [5.41, 5.74) is 5.31. The first-order valence-electron chi connectivity index (χ1n) is 5.85. The van der Waals surface area contributed by atoms with E-state index in [1.54, 1.807) is 16.8 Å². The van der Waals surface area contributed by atoms with Gasteiger partial charge in [0.2, 0.25) is 0 Å². The van der Waals surface area contributed by atoms with E-state index < -0.39 is 0 Å². The van der Waals surface area contributed by atoms with Gasteiger partial charge in [-0.25, -0.2) is 4.79 Å². The summed E-state index contributed by atoms with van der Waals surface area (Å²) in [4.78, 5) is 17.4. The lowest BCUT2D eigenvalue weighted by atomic mass is 10.1. The van der Waals surface area contributed by atoms with Crippen LogP contribution in [-0.2, 0) is 6.54 Å². The molecule has 1 aromatic rings. The van der Waals surface area contributed by atoms with Gasteiger partial charge in [0.05, 0.1) is 0 Å². The fourth-order valence-corrected chi connectivity index (χ4v) is 1.43. The molecule has 0 aromatic carbocycles. The Morgan fingerprint density at radius 3 is 2.65 bits per heavy atom. The fraction of sp³-hybridized carbons (Fsp3) is 0.667. The highest BCUT2D eigenvalue weighted by Crippen LogP contribution is 2.10. The van der Waals surface area contributed by atoms with Crippen molar-refractivity contribution in [1.29, 1.82) is 0 Å². The maximum absolute atomic E-state index is 11.5. The Bertz CT molecular complexity index is 419. The number of rotatable bonds is 4. The third-order valence-electron chi connectivity index (χ3n) is 2.93. The van der Waals surface area contributed by atoms with Gasteiger partial charge in [-0.3, -0.25) is 4.57 Å². The second-order valence-electron chi connectivity index (χ2n) is 5.27. The van der Waals surface area contributed by atoms with E-state index >= 15 is 0 Å². The van der Waals surface area contributed by atoms with Crippen LogP contribution in [0.4, 0.5) is 5.82 Å². The Labute approximate surface area is 102 Å². The number of nitrogens with zero attached hydrogens (tertiary/aromatic N) is 3. The van der Waals surface area contributed by atoms with Crippen molar-refractivity contribution in [2.24, 2.45) is 0 Å². The average Bonchev–Trinajstić information content (AvgIpc) is 2.19. The molecule has 5 nitrogen and oxygen atoms in total. The lowest BCUT2D eigenvalue weighted by Crippen LogP contribution is -2.39. The molecule has 1 aromatic heterocycles. The number of nitrogen functional groups attached to an aromatic ring is 1. The Hall–Kier alpha value is -1.36. The standard InChI is InChI=1S/C12H22N4O/c1-12(2,3)15(4)7-5-8-16-9-6-10(13)14-11(16)17/h6,9H,5,7-8H2,1-4H3,(H2,13,14,17). The first kappa shape index (κ1) is 13.7. The second-order valence-corrected chi connectivity index (χ2v) is 5.27. The van der Waals surface area contributed by atoms with Crippen LogP contribution in [0, 0.1) is 0 Å². The lowest BCUT2D eigenvalue weighted by Gasteiger charge is -2.31. The van der Waals surface area contributed by atoms with Crippen molar-refractivity contribution in [1.82, 2.24) is 14.5 Å². The summed E-state index contributed by atoms with van der Waals surface area (Å²) >= 11 is 0. The molecule has 2 N–H and O–H groups in total. The van der Waals surface area contributed by atoms with E-state index in [0.717, 1.165) is 13.0 Å². The summed E-state index contributed by atoms with van der Waals surface area (Å²) < 4.78 is 1.59. The topological polar surface area (TPSA) is 64.2 Å². The van der Waals surface area contributed by atoms with Crippen molar-refractivity contribution in [3.8, 4) is 0 Å². The molecule has 17 heavy (non-hydrogen) atoms. The first-order valence-corrected chi connectivity index (χ1v) is 5.85. The molecular formula is C12H22N4O. The van der Waals surface area contributed by atoms with Gasteiger partial charge in [-0.1, -0.05) is 0 Å². The van der Waals surface area contributed by atoms with Crippen LogP contribution in [0.25, 0.3) is 0 Å². The monoisotopic (exact) mass is 238 g/mol. The highest BCUT2D eigenvalue weighted by Gasteiger charge is 2.15. The van der Waals surface area contributed by atoms with Crippen LogP contribution in [0.2, 0.25) is 0 Å². The highest BCUT2D eigenvalue weighted by molar-refractivity contribution is 5.23. The van der Waals surface area contributed by atoms with E-state index in [-0.39, 0.29) is 17.0 Å². The third kappa shape index (κ3) is 4.19. The molecule has 96 valence electrons. The predicted molar refractivity (Wildman–Crippen MR) is 69.9 cm³/mol. The van der Waals surface area contributed by atoms with Gasteiger partial charge in [0.15, 0.2) is 0 Å². The second kappa shape index (κ2) is 5.31. The van der Waals surface area contributed by atoms with Gasteiger partial charge in [-0.2, -0.15) is 4.98 Å². The minimum Gasteiger partial charge on any atom is -0.383 e. The van der Waals surface area contributed by atoms with Crippen LogP contribution >= 0.6 is 0 Å². The molecule has 1 heterocycles. The molecule has 0 saturated heterocycles. The van der Waals surface area contributed by atoms with Crippen LogP contribution in [0.3, 0.4) is 0 Å². The molecule has 0 fully saturated rings. The van der Waals surface area contributed by atoms with Gasteiger partial charge >= 0.3 is 5.69 Å². The maximum Gasteiger partial charge on any atom is 0.349 e. The first-order chi connectivity index (χ1) is 7.80. The van der Waals surface area contributed by atoms with Gasteiger partial charge in [0.25, 0.3) is 0 Å². The quantitative estimate of drug-likeness (QED) is 0.848. The van der Waals surface area contributed by atoms with E-state index in [9.17, 15) is 4.79 Å². The van der Waals surface area contributed by atoms with Crippen molar-refractivity contribution in [2.45, 2.75) is 39.3 Å². The Kier molecular flexibility index (Phi) is 4.28.